The molecule has 0 aliphatic rings. The average molecular weight is 263 g/mol. The van der Waals surface area contributed by atoms with E-state index in [1.165, 1.54) is 0 Å². The number of halogens is 1. The molecule has 2 nitrogen and oxygen atoms in total. The van der Waals surface area contributed by atoms with E-state index in [4.69, 9.17) is 16.3 Å². The van der Waals surface area contributed by atoms with Gasteiger partial charge in [0.05, 0.1) is 11.1 Å². The molecule has 0 radical (unpaired) electrons. The van der Waals surface area contributed by atoms with Gasteiger partial charge in [0.1, 0.15) is 12.4 Å². The lowest BCUT2D eigenvalue weighted by Crippen LogP contribution is -1.97. The molecule has 1 atom stereocenters. The molecule has 0 aliphatic carbocycles. The lowest BCUT2D eigenvalue weighted by atomic mass is 10.1. The molecule has 2 aromatic carbocycles. The van der Waals surface area contributed by atoms with Gasteiger partial charge in [0.15, 0.2) is 0 Å². The Bertz CT molecular complexity index is 509. The predicted molar refractivity (Wildman–Crippen MR) is 72.9 cm³/mol. The fourth-order valence-electron chi connectivity index (χ4n) is 1.68. The first-order chi connectivity index (χ1) is 8.66. The van der Waals surface area contributed by atoms with Crippen molar-refractivity contribution >= 4 is 11.6 Å². The lowest BCUT2D eigenvalue weighted by Gasteiger charge is -2.10. The minimum Gasteiger partial charge on any atom is -0.489 e. The van der Waals surface area contributed by atoms with Crippen LogP contribution < -0.4 is 4.74 Å². The topological polar surface area (TPSA) is 29.5 Å². The molecular formula is C15H15ClO2. The largest absolute Gasteiger partial charge is 0.489 e. The molecule has 18 heavy (non-hydrogen) atoms. The zero-order valence-corrected chi connectivity index (χ0v) is 10.9. The fraction of sp³-hybridized carbons (Fsp3) is 0.200. The first-order valence-electron chi connectivity index (χ1n) is 5.81. The molecule has 0 aromatic heterocycles. The molecule has 1 unspecified atom stereocenters. The second-order valence-corrected chi connectivity index (χ2v) is 4.54. The normalized spacial score (nSPS) is 12.2. The first-order valence-corrected chi connectivity index (χ1v) is 6.19. The average Bonchev–Trinajstić information content (AvgIpc) is 2.37. The van der Waals surface area contributed by atoms with Crippen molar-refractivity contribution in [1.29, 1.82) is 0 Å². The zero-order chi connectivity index (χ0) is 13.0. The summed E-state index contributed by atoms with van der Waals surface area (Å²) in [5.41, 5.74) is 1.82. The summed E-state index contributed by atoms with van der Waals surface area (Å²) < 4.78 is 5.64. The Balaban J connectivity index is 2.05. The molecule has 0 spiro atoms. The Morgan fingerprint density at radius 1 is 1.17 bits per heavy atom. The van der Waals surface area contributed by atoms with E-state index in [0.29, 0.717) is 22.9 Å². The van der Waals surface area contributed by atoms with Gasteiger partial charge in [-0.25, -0.2) is 0 Å². The summed E-state index contributed by atoms with van der Waals surface area (Å²) in [5.74, 6) is 0.702. The van der Waals surface area contributed by atoms with E-state index in [1.807, 2.05) is 36.4 Å². The van der Waals surface area contributed by atoms with Crippen LogP contribution in [0.5, 0.6) is 5.75 Å². The van der Waals surface area contributed by atoms with Gasteiger partial charge in [-0.15, -0.1) is 0 Å². The summed E-state index contributed by atoms with van der Waals surface area (Å²) >= 11 is 6.07. The highest BCUT2D eigenvalue weighted by molar-refractivity contribution is 6.31. The van der Waals surface area contributed by atoms with Crippen LogP contribution in [0.4, 0.5) is 0 Å². The zero-order valence-electron chi connectivity index (χ0n) is 10.1. The fourth-order valence-corrected chi connectivity index (χ4v) is 2.01. The smallest absolute Gasteiger partial charge is 0.121 e. The Kier molecular flexibility index (Phi) is 4.24. The maximum absolute atomic E-state index is 9.48. The lowest BCUT2D eigenvalue weighted by molar-refractivity contribution is 0.199. The second kappa shape index (κ2) is 5.89. The molecule has 0 amide bonds. The third-order valence-electron chi connectivity index (χ3n) is 2.67. The van der Waals surface area contributed by atoms with Crippen LogP contribution in [-0.4, -0.2) is 5.11 Å². The van der Waals surface area contributed by atoms with Gasteiger partial charge < -0.3 is 9.84 Å². The Morgan fingerprint density at radius 3 is 2.50 bits per heavy atom. The molecule has 0 aliphatic heterocycles. The van der Waals surface area contributed by atoms with E-state index >= 15 is 0 Å². The van der Waals surface area contributed by atoms with Crippen molar-refractivity contribution in [2.45, 2.75) is 19.6 Å². The van der Waals surface area contributed by atoms with Crippen molar-refractivity contribution < 1.29 is 9.84 Å². The molecule has 0 fully saturated rings. The highest BCUT2D eigenvalue weighted by Gasteiger charge is 2.07. The quantitative estimate of drug-likeness (QED) is 0.903. The number of ether oxygens (including phenoxy) is 1. The van der Waals surface area contributed by atoms with Crippen molar-refractivity contribution in [3.63, 3.8) is 0 Å². The Morgan fingerprint density at radius 2 is 1.89 bits per heavy atom. The molecule has 94 valence electrons. The van der Waals surface area contributed by atoms with Gasteiger partial charge in [0.25, 0.3) is 0 Å². The molecule has 0 bridgehead atoms. The minimum absolute atomic E-state index is 0.505. The molecular weight excluding hydrogens is 248 g/mol. The number of hydrogen-bond donors (Lipinski definition) is 1. The van der Waals surface area contributed by atoms with E-state index in [0.717, 1.165) is 5.56 Å². The highest BCUT2D eigenvalue weighted by atomic mass is 35.5. The number of aliphatic hydroxyl groups excluding tert-OH is 1. The molecule has 1 N–H and O–H groups in total. The van der Waals surface area contributed by atoms with Crippen LogP contribution in [-0.2, 0) is 6.61 Å². The maximum Gasteiger partial charge on any atom is 0.121 e. The standard InChI is InChI=1S/C15H15ClO2/c1-11(17)14-8-7-13(9-15(14)16)18-10-12-5-3-2-4-6-12/h2-9,11,17H,10H2,1H3. The maximum atomic E-state index is 9.48. The molecule has 3 heteroatoms. The van der Waals surface area contributed by atoms with E-state index < -0.39 is 6.10 Å². The van der Waals surface area contributed by atoms with Gasteiger partial charge in [-0.2, -0.15) is 0 Å². The van der Waals surface area contributed by atoms with Crippen LogP contribution >= 0.6 is 11.6 Å². The Hall–Kier alpha value is -1.51. The number of rotatable bonds is 4. The van der Waals surface area contributed by atoms with Crippen LogP contribution in [0.3, 0.4) is 0 Å². The van der Waals surface area contributed by atoms with Crippen molar-refractivity contribution in [3.05, 3.63) is 64.7 Å². The molecule has 2 rings (SSSR count). The van der Waals surface area contributed by atoms with Crippen LogP contribution in [0.25, 0.3) is 0 Å². The third-order valence-corrected chi connectivity index (χ3v) is 3.00. The van der Waals surface area contributed by atoms with E-state index in [1.54, 1.807) is 19.1 Å². The molecule has 2 aromatic rings. The van der Waals surface area contributed by atoms with Crippen molar-refractivity contribution in [3.8, 4) is 5.75 Å². The third kappa shape index (κ3) is 3.25. The Labute approximate surface area is 112 Å². The van der Waals surface area contributed by atoms with Crippen molar-refractivity contribution in [1.82, 2.24) is 0 Å². The van der Waals surface area contributed by atoms with Crippen LogP contribution in [0.2, 0.25) is 5.02 Å². The van der Waals surface area contributed by atoms with Gasteiger partial charge in [-0.3, -0.25) is 0 Å². The summed E-state index contributed by atoms with van der Waals surface area (Å²) in [7, 11) is 0. The van der Waals surface area contributed by atoms with Gasteiger partial charge in [0.2, 0.25) is 0 Å². The van der Waals surface area contributed by atoms with E-state index in [2.05, 4.69) is 0 Å². The number of aliphatic hydroxyl groups is 1. The molecule has 0 saturated heterocycles. The van der Waals surface area contributed by atoms with Crippen molar-refractivity contribution in [2.24, 2.45) is 0 Å². The monoisotopic (exact) mass is 262 g/mol. The predicted octanol–water partition coefficient (Wildman–Crippen LogP) is 3.97. The molecule has 0 saturated carbocycles. The van der Waals surface area contributed by atoms with Crippen molar-refractivity contribution in [2.75, 3.05) is 0 Å². The number of hydrogen-bond acceptors (Lipinski definition) is 2. The summed E-state index contributed by atoms with van der Waals surface area (Å²) in [6.45, 7) is 2.19. The van der Waals surface area contributed by atoms with Crippen LogP contribution in [0.15, 0.2) is 48.5 Å². The van der Waals surface area contributed by atoms with Crippen LogP contribution in [0, 0.1) is 0 Å². The van der Waals surface area contributed by atoms with Crippen LogP contribution in [0.1, 0.15) is 24.2 Å². The molecule has 0 heterocycles. The van der Waals surface area contributed by atoms with Gasteiger partial charge >= 0.3 is 0 Å². The first kappa shape index (κ1) is 12.9. The van der Waals surface area contributed by atoms with Gasteiger partial charge in [0, 0.05) is 0 Å². The summed E-state index contributed by atoms with van der Waals surface area (Å²) in [4.78, 5) is 0. The van der Waals surface area contributed by atoms with Gasteiger partial charge in [-0.05, 0) is 30.2 Å². The number of benzene rings is 2. The van der Waals surface area contributed by atoms with E-state index in [9.17, 15) is 5.11 Å². The summed E-state index contributed by atoms with van der Waals surface area (Å²) in [5, 5.41) is 10.0. The van der Waals surface area contributed by atoms with Gasteiger partial charge in [-0.1, -0.05) is 48.0 Å². The summed E-state index contributed by atoms with van der Waals surface area (Å²) in [6, 6.07) is 15.3. The summed E-state index contributed by atoms with van der Waals surface area (Å²) in [6.07, 6.45) is -0.569. The SMILES string of the molecule is CC(O)c1ccc(OCc2ccccc2)cc1Cl. The second-order valence-electron chi connectivity index (χ2n) is 4.13. The van der Waals surface area contributed by atoms with E-state index in [-0.39, 0.29) is 0 Å². The minimum atomic E-state index is -0.569. The highest BCUT2D eigenvalue weighted by Crippen LogP contribution is 2.27.